The van der Waals surface area contributed by atoms with E-state index in [1.165, 1.54) is 6.20 Å². The minimum Gasteiger partial charge on any atom is -0.507 e. The number of aromatic hydroxyl groups is 1. The van der Waals surface area contributed by atoms with Crippen molar-refractivity contribution in [2.45, 2.75) is 6.54 Å². The summed E-state index contributed by atoms with van der Waals surface area (Å²) in [6, 6.07) is 20.0. The van der Waals surface area contributed by atoms with Gasteiger partial charge < -0.3 is 15.7 Å². The lowest BCUT2D eigenvalue weighted by Gasteiger charge is -2.09. The van der Waals surface area contributed by atoms with Crippen LogP contribution in [0.3, 0.4) is 0 Å². The summed E-state index contributed by atoms with van der Waals surface area (Å²) >= 11 is 3.40. The maximum Gasteiger partial charge on any atom is 0.267 e. The average molecular weight is 422 g/mol. The van der Waals surface area contributed by atoms with Crippen molar-refractivity contribution in [3.05, 3.63) is 82.5 Å². The number of phenolic OH excluding ortho intramolecular Hbond substituents is 1. The van der Waals surface area contributed by atoms with Crippen molar-refractivity contribution in [3.8, 4) is 11.8 Å². The molecule has 0 aromatic heterocycles. The van der Waals surface area contributed by atoms with Gasteiger partial charge in [0.15, 0.2) is 0 Å². The number of nitrogens with zero attached hydrogens (tertiary/aromatic N) is 1. The second kappa shape index (κ2) is 8.39. The van der Waals surface area contributed by atoms with Crippen molar-refractivity contribution in [2.24, 2.45) is 0 Å². The Kier molecular flexibility index (Phi) is 5.74. The minimum atomic E-state index is -0.518. The predicted octanol–water partition coefficient (Wildman–Crippen LogP) is 4.44. The fourth-order valence-electron chi connectivity index (χ4n) is 2.66. The Hall–Kier alpha value is -3.30. The molecule has 0 heterocycles. The molecule has 0 unspecified atom stereocenters. The Morgan fingerprint density at radius 1 is 1.11 bits per heavy atom. The number of anilines is 1. The Morgan fingerprint density at radius 3 is 2.63 bits per heavy atom. The molecular formula is C21H16BrN3O2. The van der Waals surface area contributed by atoms with Gasteiger partial charge in [-0.25, -0.2) is 0 Å². The lowest BCUT2D eigenvalue weighted by atomic mass is 10.1. The van der Waals surface area contributed by atoms with Crippen molar-refractivity contribution >= 4 is 38.3 Å². The summed E-state index contributed by atoms with van der Waals surface area (Å²) in [5.41, 5.74) is 1.51. The molecule has 3 aromatic carbocycles. The van der Waals surface area contributed by atoms with Gasteiger partial charge in [0.2, 0.25) is 0 Å². The number of nitrogens with one attached hydrogen (secondary N) is 2. The zero-order chi connectivity index (χ0) is 19.2. The highest BCUT2D eigenvalue weighted by Crippen LogP contribution is 2.29. The van der Waals surface area contributed by atoms with Crippen LogP contribution in [-0.2, 0) is 11.3 Å². The molecule has 0 radical (unpaired) electrons. The Morgan fingerprint density at radius 2 is 1.85 bits per heavy atom. The minimum absolute atomic E-state index is 0.0397. The molecule has 3 rings (SSSR count). The van der Waals surface area contributed by atoms with Crippen molar-refractivity contribution in [1.82, 2.24) is 5.32 Å². The molecule has 0 aliphatic carbocycles. The van der Waals surface area contributed by atoms with Gasteiger partial charge in [-0.1, -0.05) is 52.3 Å². The van der Waals surface area contributed by atoms with Crippen LogP contribution in [0, 0.1) is 11.3 Å². The van der Waals surface area contributed by atoms with E-state index >= 15 is 0 Å². The third kappa shape index (κ3) is 4.46. The van der Waals surface area contributed by atoms with E-state index in [0.29, 0.717) is 23.0 Å². The monoisotopic (exact) mass is 421 g/mol. The fraction of sp³-hybridized carbons (Fsp3) is 0.0476. The quantitative estimate of drug-likeness (QED) is 0.419. The van der Waals surface area contributed by atoms with Gasteiger partial charge in [0.05, 0.1) is 0 Å². The van der Waals surface area contributed by atoms with E-state index in [0.717, 1.165) is 10.0 Å². The van der Waals surface area contributed by atoms with Crippen LogP contribution in [0.4, 0.5) is 5.69 Å². The topological polar surface area (TPSA) is 85.2 Å². The largest absolute Gasteiger partial charge is 0.507 e. The fourth-order valence-corrected chi connectivity index (χ4v) is 3.11. The van der Waals surface area contributed by atoms with Gasteiger partial charge in [0.1, 0.15) is 17.4 Å². The van der Waals surface area contributed by atoms with Gasteiger partial charge in [0, 0.05) is 33.7 Å². The van der Waals surface area contributed by atoms with Gasteiger partial charge >= 0.3 is 0 Å². The molecule has 0 saturated heterocycles. The van der Waals surface area contributed by atoms with Gasteiger partial charge in [0.25, 0.3) is 5.91 Å². The van der Waals surface area contributed by atoms with E-state index in [1.54, 1.807) is 36.4 Å². The third-order valence-electron chi connectivity index (χ3n) is 3.95. The summed E-state index contributed by atoms with van der Waals surface area (Å²) in [4.78, 5) is 12.5. The van der Waals surface area contributed by atoms with Crippen LogP contribution < -0.4 is 10.6 Å². The van der Waals surface area contributed by atoms with Crippen LogP contribution in [-0.4, -0.2) is 11.0 Å². The highest BCUT2D eigenvalue weighted by Gasteiger charge is 2.12. The Balaban J connectivity index is 1.74. The highest BCUT2D eigenvalue weighted by atomic mass is 79.9. The standard InChI is InChI=1S/C21H16BrN3O2/c22-16-5-1-4-14(10-16)12-24-13-15(11-23)21(27)25-19-8-2-7-18-17(19)6-3-9-20(18)26/h1-10,13,24,26H,12H2,(H,25,27)/b15-13-. The molecule has 134 valence electrons. The smallest absolute Gasteiger partial charge is 0.267 e. The number of halogens is 1. The van der Waals surface area contributed by atoms with E-state index in [9.17, 15) is 15.2 Å². The van der Waals surface area contributed by atoms with Crippen molar-refractivity contribution in [3.63, 3.8) is 0 Å². The second-order valence-corrected chi connectivity index (χ2v) is 6.73. The van der Waals surface area contributed by atoms with Crippen molar-refractivity contribution in [2.75, 3.05) is 5.32 Å². The number of rotatable bonds is 5. The summed E-state index contributed by atoms with van der Waals surface area (Å²) in [6.45, 7) is 0.486. The van der Waals surface area contributed by atoms with Crippen LogP contribution >= 0.6 is 15.9 Å². The first-order valence-electron chi connectivity index (χ1n) is 8.18. The third-order valence-corrected chi connectivity index (χ3v) is 4.45. The molecule has 5 nitrogen and oxygen atoms in total. The molecule has 3 aromatic rings. The van der Waals surface area contributed by atoms with Gasteiger partial charge in [-0.2, -0.15) is 5.26 Å². The summed E-state index contributed by atoms with van der Waals surface area (Å²) in [5.74, 6) is -0.384. The summed E-state index contributed by atoms with van der Waals surface area (Å²) in [7, 11) is 0. The molecule has 0 fully saturated rings. The molecule has 0 saturated carbocycles. The maximum atomic E-state index is 12.5. The van der Waals surface area contributed by atoms with Crippen LogP contribution in [0.5, 0.6) is 5.75 Å². The molecule has 0 spiro atoms. The average Bonchev–Trinajstić information content (AvgIpc) is 2.66. The zero-order valence-corrected chi connectivity index (χ0v) is 15.8. The first-order chi connectivity index (χ1) is 13.1. The number of hydrogen-bond donors (Lipinski definition) is 3. The van der Waals surface area contributed by atoms with Crippen LogP contribution in [0.2, 0.25) is 0 Å². The first-order valence-corrected chi connectivity index (χ1v) is 8.98. The number of phenols is 1. The van der Waals surface area contributed by atoms with E-state index < -0.39 is 5.91 Å². The molecule has 6 heteroatoms. The second-order valence-electron chi connectivity index (χ2n) is 5.81. The zero-order valence-electron chi connectivity index (χ0n) is 14.2. The maximum absolute atomic E-state index is 12.5. The summed E-state index contributed by atoms with van der Waals surface area (Å²) in [6.07, 6.45) is 1.40. The number of hydrogen-bond acceptors (Lipinski definition) is 4. The molecule has 0 bridgehead atoms. The highest BCUT2D eigenvalue weighted by molar-refractivity contribution is 9.10. The van der Waals surface area contributed by atoms with E-state index in [2.05, 4.69) is 26.6 Å². The SMILES string of the molecule is N#C/C(=C/NCc1cccc(Br)c1)C(=O)Nc1cccc2c(O)cccc12. The van der Waals surface area contributed by atoms with E-state index in [1.807, 2.05) is 30.3 Å². The van der Waals surface area contributed by atoms with Gasteiger partial charge in [-0.3, -0.25) is 4.79 Å². The first kappa shape index (κ1) is 18.5. The molecule has 0 aliphatic heterocycles. The van der Waals surface area contributed by atoms with Crippen LogP contribution in [0.25, 0.3) is 10.8 Å². The van der Waals surface area contributed by atoms with Gasteiger partial charge in [-0.15, -0.1) is 0 Å². The Labute approximate surface area is 165 Å². The molecule has 27 heavy (non-hydrogen) atoms. The predicted molar refractivity (Wildman–Crippen MR) is 109 cm³/mol. The molecular weight excluding hydrogens is 406 g/mol. The summed E-state index contributed by atoms with van der Waals surface area (Å²) in [5, 5.41) is 26.3. The van der Waals surface area contributed by atoms with Crippen LogP contribution in [0.1, 0.15) is 5.56 Å². The Bertz CT molecular complexity index is 1070. The number of amides is 1. The van der Waals surface area contributed by atoms with Crippen LogP contribution in [0.15, 0.2) is 76.9 Å². The van der Waals surface area contributed by atoms with Crippen molar-refractivity contribution in [1.29, 1.82) is 5.26 Å². The number of carbonyl (C=O) groups excluding carboxylic acids is 1. The van der Waals surface area contributed by atoms with E-state index in [4.69, 9.17) is 0 Å². The number of benzene rings is 3. The molecule has 0 aliphatic rings. The van der Waals surface area contributed by atoms with E-state index in [-0.39, 0.29) is 11.3 Å². The molecule has 0 atom stereocenters. The number of carbonyl (C=O) groups is 1. The van der Waals surface area contributed by atoms with Crippen molar-refractivity contribution < 1.29 is 9.90 Å². The lowest BCUT2D eigenvalue weighted by Crippen LogP contribution is -2.16. The van der Waals surface area contributed by atoms with Gasteiger partial charge in [-0.05, 0) is 29.8 Å². The normalized spacial score (nSPS) is 11.0. The molecule has 1 amide bonds. The number of fused-ring (bicyclic) bond motifs is 1. The number of nitriles is 1. The molecule has 3 N–H and O–H groups in total. The lowest BCUT2D eigenvalue weighted by molar-refractivity contribution is -0.112. The summed E-state index contributed by atoms with van der Waals surface area (Å²) < 4.78 is 0.961.